The van der Waals surface area contributed by atoms with Crippen molar-refractivity contribution in [2.24, 2.45) is 17.8 Å². The molecule has 4 aliphatic rings. The Morgan fingerprint density at radius 2 is 1.82 bits per heavy atom. The summed E-state index contributed by atoms with van der Waals surface area (Å²) in [7, 11) is 0. The Bertz CT molecular complexity index is 853. The van der Waals surface area contributed by atoms with Crippen LogP contribution in [-0.2, 0) is 16.1 Å². The van der Waals surface area contributed by atoms with Crippen LogP contribution in [0.5, 0.6) is 0 Å². The molecular weight excluding hydrogens is 420 g/mol. The Hall–Kier alpha value is -2.22. The van der Waals surface area contributed by atoms with Gasteiger partial charge in [-0.2, -0.15) is 0 Å². The number of amides is 1. The number of aromatic nitrogens is 2. The van der Waals surface area contributed by atoms with Crippen molar-refractivity contribution in [3.63, 3.8) is 0 Å². The number of nitrogens with zero attached hydrogens (tertiary/aromatic N) is 4. The first-order valence-electron chi connectivity index (χ1n) is 12.7. The largest absolute Gasteiger partial charge is 0.483 e. The monoisotopic (exact) mass is 458 g/mol. The van der Waals surface area contributed by atoms with Crippen molar-refractivity contribution in [3.8, 4) is 0 Å². The molecule has 4 heterocycles. The van der Waals surface area contributed by atoms with E-state index < -0.39 is 0 Å². The van der Waals surface area contributed by atoms with Crippen molar-refractivity contribution in [2.45, 2.75) is 82.8 Å². The van der Waals surface area contributed by atoms with Crippen LogP contribution in [0.3, 0.4) is 0 Å². The number of carbonyl (C=O) groups excluding carboxylic acids is 1. The van der Waals surface area contributed by atoms with Crippen LogP contribution in [0, 0.1) is 17.8 Å². The fourth-order valence-corrected chi connectivity index (χ4v) is 6.95. The van der Waals surface area contributed by atoms with Gasteiger partial charge in [0.05, 0.1) is 0 Å². The highest BCUT2D eigenvalue weighted by atomic mass is 16.3. The van der Waals surface area contributed by atoms with Gasteiger partial charge in [0.15, 0.2) is 0 Å². The summed E-state index contributed by atoms with van der Waals surface area (Å²) in [5, 5.41) is 6.89. The number of likely N-dealkylation sites (tertiary alicyclic amines) is 1. The van der Waals surface area contributed by atoms with Gasteiger partial charge in [-0.05, 0) is 56.0 Å². The lowest BCUT2D eigenvalue weighted by molar-refractivity contribution is -0.142. The number of hydrogen-bond donors (Lipinski definition) is 1. The summed E-state index contributed by atoms with van der Waals surface area (Å²) in [5.74, 6) is 2.15. The molecule has 8 nitrogen and oxygen atoms in total. The molecule has 182 valence electrons. The molecule has 1 N–H and O–H groups in total. The Kier molecular flexibility index (Phi) is 8.17. The second kappa shape index (κ2) is 11.3. The highest BCUT2D eigenvalue weighted by Crippen LogP contribution is 2.44. The van der Waals surface area contributed by atoms with Crippen molar-refractivity contribution in [1.82, 2.24) is 19.4 Å². The molecule has 0 unspecified atom stereocenters. The lowest BCUT2D eigenvalue weighted by Crippen LogP contribution is -2.64. The number of carbonyl (C=O) groups is 2. The molecule has 1 amide bonds. The maximum atomic E-state index is 13.1. The van der Waals surface area contributed by atoms with Gasteiger partial charge >= 0.3 is 5.69 Å². The van der Waals surface area contributed by atoms with E-state index in [1.807, 2.05) is 0 Å². The van der Waals surface area contributed by atoms with E-state index >= 15 is 0 Å². The fourth-order valence-electron chi connectivity index (χ4n) is 6.95. The zero-order chi connectivity index (χ0) is 23.2. The molecule has 0 spiro atoms. The van der Waals surface area contributed by atoms with Gasteiger partial charge in [-0.25, -0.2) is 9.78 Å². The number of fused-ring (bicyclic) bond motifs is 4. The quantitative estimate of drug-likeness (QED) is 0.697. The molecule has 4 atom stereocenters. The SMILES string of the molecule is O=C(Cn1cccnc1=O)N1C[C@H]2C[C@@H](C1)[C@H](CC1CCCCC1)N1CCCC[C@@H]21.O=CO. The first kappa shape index (κ1) is 23.9. The van der Waals surface area contributed by atoms with Gasteiger partial charge in [0, 0.05) is 37.6 Å². The van der Waals surface area contributed by atoms with Crippen LogP contribution in [0.15, 0.2) is 23.3 Å². The van der Waals surface area contributed by atoms with Crippen molar-refractivity contribution < 1.29 is 14.7 Å². The van der Waals surface area contributed by atoms with Gasteiger partial charge in [0.1, 0.15) is 6.54 Å². The summed E-state index contributed by atoms with van der Waals surface area (Å²) in [6.45, 7) is 2.86. The van der Waals surface area contributed by atoms with Crippen LogP contribution in [0.4, 0.5) is 0 Å². The molecule has 4 fully saturated rings. The van der Waals surface area contributed by atoms with Crippen molar-refractivity contribution in [1.29, 1.82) is 0 Å². The van der Waals surface area contributed by atoms with Crippen LogP contribution in [-0.4, -0.2) is 68.6 Å². The van der Waals surface area contributed by atoms with Gasteiger partial charge < -0.3 is 10.0 Å². The van der Waals surface area contributed by atoms with Gasteiger partial charge in [-0.15, -0.1) is 0 Å². The standard InChI is InChI=1S/C24H36N4O2.CH2O2/c29-23(17-26-11-6-10-25-24(26)30)27-15-19-14-20(16-27)22(13-18-7-2-1-3-8-18)28-12-5-4-9-21(19)28;2-1-3/h6,10-11,18-22H,1-5,7-9,12-17H2;1H,(H,2,3)/t19-,20+,21+,22+;/m1./s1. The summed E-state index contributed by atoms with van der Waals surface area (Å²) in [6.07, 6.45) is 16.8. The van der Waals surface area contributed by atoms with E-state index in [0.29, 0.717) is 23.9 Å². The molecule has 5 rings (SSSR count). The van der Waals surface area contributed by atoms with E-state index in [0.717, 1.165) is 19.0 Å². The van der Waals surface area contributed by atoms with E-state index in [1.54, 1.807) is 12.3 Å². The predicted octanol–water partition coefficient (Wildman–Crippen LogP) is 2.62. The van der Waals surface area contributed by atoms with Crippen molar-refractivity contribution in [2.75, 3.05) is 19.6 Å². The zero-order valence-electron chi connectivity index (χ0n) is 19.6. The summed E-state index contributed by atoms with van der Waals surface area (Å²) >= 11 is 0. The Morgan fingerprint density at radius 1 is 1.09 bits per heavy atom. The topological polar surface area (TPSA) is 95.7 Å². The number of hydrogen-bond acceptors (Lipinski definition) is 5. The minimum atomic E-state index is -0.336. The van der Waals surface area contributed by atoms with E-state index in [9.17, 15) is 9.59 Å². The lowest BCUT2D eigenvalue weighted by Gasteiger charge is -2.57. The molecule has 8 heteroatoms. The minimum absolute atomic E-state index is 0.0838. The average Bonchev–Trinajstić information content (AvgIpc) is 2.84. The molecule has 1 aromatic heterocycles. The second-order valence-corrected chi connectivity index (χ2v) is 10.3. The third-order valence-corrected chi connectivity index (χ3v) is 8.36. The first-order chi connectivity index (χ1) is 16.1. The zero-order valence-corrected chi connectivity index (χ0v) is 19.6. The molecule has 0 radical (unpaired) electrons. The highest BCUT2D eigenvalue weighted by molar-refractivity contribution is 5.76. The molecule has 1 aromatic rings. The van der Waals surface area contributed by atoms with Gasteiger partial charge in [0.25, 0.3) is 6.47 Å². The fraction of sp³-hybridized carbons (Fsp3) is 0.760. The van der Waals surface area contributed by atoms with E-state index in [1.165, 1.54) is 81.5 Å². The summed E-state index contributed by atoms with van der Waals surface area (Å²) in [6, 6.07) is 3.02. The summed E-state index contributed by atoms with van der Waals surface area (Å²) in [5.41, 5.74) is -0.336. The number of carboxylic acid groups (broad SMARTS) is 1. The van der Waals surface area contributed by atoms with Gasteiger partial charge in [-0.3, -0.25) is 19.1 Å². The van der Waals surface area contributed by atoms with Crippen molar-refractivity contribution in [3.05, 3.63) is 28.9 Å². The normalized spacial score (nSPS) is 30.0. The van der Waals surface area contributed by atoms with Gasteiger partial charge in [0.2, 0.25) is 5.91 Å². The number of piperidine rings is 3. The molecule has 3 saturated heterocycles. The maximum absolute atomic E-state index is 13.1. The summed E-state index contributed by atoms with van der Waals surface area (Å²) in [4.78, 5) is 42.2. The lowest BCUT2D eigenvalue weighted by atomic mass is 9.69. The highest BCUT2D eigenvalue weighted by Gasteiger charge is 2.48. The number of rotatable bonds is 4. The van der Waals surface area contributed by atoms with Crippen LogP contribution >= 0.6 is 0 Å². The van der Waals surface area contributed by atoms with Crippen LogP contribution < -0.4 is 5.69 Å². The third-order valence-electron chi connectivity index (χ3n) is 8.36. The second-order valence-electron chi connectivity index (χ2n) is 10.3. The van der Waals surface area contributed by atoms with E-state index in [4.69, 9.17) is 9.90 Å². The minimum Gasteiger partial charge on any atom is -0.483 e. The molecule has 1 saturated carbocycles. The van der Waals surface area contributed by atoms with Crippen molar-refractivity contribution >= 4 is 12.4 Å². The first-order valence-corrected chi connectivity index (χ1v) is 12.7. The third kappa shape index (κ3) is 5.65. The smallest absolute Gasteiger partial charge is 0.347 e. The molecule has 0 aromatic carbocycles. The van der Waals surface area contributed by atoms with Crippen LogP contribution in [0.1, 0.15) is 64.2 Å². The molecular formula is C25H38N4O4. The van der Waals surface area contributed by atoms with Gasteiger partial charge in [-0.1, -0.05) is 38.5 Å². The van der Waals surface area contributed by atoms with Crippen LogP contribution in [0.2, 0.25) is 0 Å². The molecule has 3 aliphatic heterocycles. The predicted molar refractivity (Wildman–Crippen MR) is 125 cm³/mol. The summed E-state index contributed by atoms with van der Waals surface area (Å²) < 4.78 is 1.44. The maximum Gasteiger partial charge on any atom is 0.347 e. The Labute approximate surface area is 196 Å². The van der Waals surface area contributed by atoms with E-state index in [2.05, 4.69) is 14.8 Å². The average molecular weight is 459 g/mol. The Morgan fingerprint density at radius 3 is 2.58 bits per heavy atom. The van der Waals surface area contributed by atoms with Crippen LogP contribution in [0.25, 0.3) is 0 Å². The Balaban J connectivity index is 0.000000821. The molecule has 1 aliphatic carbocycles. The molecule has 33 heavy (non-hydrogen) atoms. The van der Waals surface area contributed by atoms with E-state index in [-0.39, 0.29) is 24.6 Å². The molecule has 2 bridgehead atoms.